The van der Waals surface area contributed by atoms with Crippen LogP contribution in [0, 0.1) is 6.92 Å². The zero-order valence-electron chi connectivity index (χ0n) is 13.7. The number of benzene rings is 1. The van der Waals surface area contributed by atoms with Crippen molar-refractivity contribution in [3.63, 3.8) is 0 Å². The van der Waals surface area contributed by atoms with Crippen LogP contribution in [0.15, 0.2) is 24.5 Å². The molecule has 0 fully saturated rings. The summed E-state index contributed by atoms with van der Waals surface area (Å²) in [4.78, 5) is 4.38. The van der Waals surface area contributed by atoms with Crippen LogP contribution in [-0.2, 0) is 16.6 Å². The number of methoxy groups -OCH3 is 2. The number of aromatic nitrogens is 2. The number of nitrogens with zero attached hydrogens (tertiary/aromatic N) is 2. The molecule has 1 heterocycles. The number of hydrogen-bond acceptors (Lipinski definition) is 5. The Morgan fingerprint density at radius 1 is 1.26 bits per heavy atom. The molecular weight excluding hydrogens is 318 g/mol. The van der Waals surface area contributed by atoms with Crippen molar-refractivity contribution < 1.29 is 17.9 Å². The normalized spacial score (nSPS) is 11.5. The van der Waals surface area contributed by atoms with Gasteiger partial charge in [-0.2, -0.15) is 0 Å². The Morgan fingerprint density at radius 3 is 2.61 bits per heavy atom. The van der Waals surface area contributed by atoms with Gasteiger partial charge < -0.3 is 14.0 Å². The summed E-state index contributed by atoms with van der Waals surface area (Å²) in [5, 5.41) is 0. The molecule has 23 heavy (non-hydrogen) atoms. The highest BCUT2D eigenvalue weighted by molar-refractivity contribution is 7.88. The summed E-state index contributed by atoms with van der Waals surface area (Å²) in [5.41, 5.74) is 1.81. The number of rotatable bonds is 7. The molecule has 0 amide bonds. The highest BCUT2D eigenvalue weighted by Gasteiger charge is 2.17. The molecule has 2 rings (SSSR count). The first-order valence-electron chi connectivity index (χ1n) is 7.04. The Balaban J connectivity index is 2.36. The standard InChI is InChI=1S/C15H21N3O4S/c1-11-9-12(14(22-3)13(10-11)21-2)15-16-5-7-18(15)8-6-17-23(4,19)20/h5,7,9-10,17H,6,8H2,1-4H3. The second-order valence-electron chi connectivity index (χ2n) is 5.16. The molecule has 2 aromatic rings. The lowest BCUT2D eigenvalue weighted by molar-refractivity contribution is 0.355. The summed E-state index contributed by atoms with van der Waals surface area (Å²) in [7, 11) is -0.0480. The Labute approximate surface area is 136 Å². The minimum absolute atomic E-state index is 0.285. The molecule has 7 nitrogen and oxygen atoms in total. The molecule has 0 saturated carbocycles. The molecule has 0 radical (unpaired) electrons. The van der Waals surface area contributed by atoms with Crippen LogP contribution in [-0.4, -0.2) is 45.0 Å². The van der Waals surface area contributed by atoms with E-state index in [9.17, 15) is 8.42 Å². The van der Waals surface area contributed by atoms with E-state index in [0.29, 0.717) is 23.9 Å². The Bertz CT molecular complexity index is 784. The first-order chi connectivity index (χ1) is 10.9. The van der Waals surface area contributed by atoms with E-state index in [1.165, 1.54) is 0 Å². The van der Waals surface area contributed by atoms with Crippen molar-refractivity contribution in [3.8, 4) is 22.9 Å². The van der Waals surface area contributed by atoms with Gasteiger partial charge in [-0.25, -0.2) is 18.1 Å². The minimum atomic E-state index is -3.21. The van der Waals surface area contributed by atoms with Crippen molar-refractivity contribution in [2.45, 2.75) is 13.5 Å². The number of sulfonamides is 1. The van der Waals surface area contributed by atoms with Crippen LogP contribution in [0.2, 0.25) is 0 Å². The summed E-state index contributed by atoms with van der Waals surface area (Å²) < 4.78 is 37.5. The quantitative estimate of drug-likeness (QED) is 0.825. The van der Waals surface area contributed by atoms with Crippen LogP contribution >= 0.6 is 0 Å². The third kappa shape index (κ3) is 4.23. The number of ether oxygens (including phenoxy) is 2. The Kier molecular flexibility index (Phi) is 5.27. The van der Waals surface area contributed by atoms with E-state index in [0.717, 1.165) is 17.4 Å². The molecule has 1 aromatic heterocycles. The molecule has 0 aliphatic rings. The van der Waals surface area contributed by atoms with E-state index >= 15 is 0 Å². The van der Waals surface area contributed by atoms with Crippen LogP contribution < -0.4 is 14.2 Å². The first-order valence-corrected chi connectivity index (χ1v) is 8.93. The number of imidazole rings is 1. The van der Waals surface area contributed by atoms with Gasteiger partial charge in [0.05, 0.1) is 26.0 Å². The summed E-state index contributed by atoms with van der Waals surface area (Å²) >= 11 is 0. The molecular formula is C15H21N3O4S. The van der Waals surface area contributed by atoms with Gasteiger partial charge in [-0.05, 0) is 24.6 Å². The van der Waals surface area contributed by atoms with Crippen LogP contribution in [0.4, 0.5) is 0 Å². The molecule has 0 aliphatic heterocycles. The van der Waals surface area contributed by atoms with E-state index in [2.05, 4.69) is 9.71 Å². The molecule has 1 N–H and O–H groups in total. The highest BCUT2D eigenvalue weighted by atomic mass is 32.2. The van der Waals surface area contributed by atoms with Crippen LogP contribution in [0.1, 0.15) is 5.56 Å². The van der Waals surface area contributed by atoms with Gasteiger partial charge in [-0.15, -0.1) is 0 Å². The van der Waals surface area contributed by atoms with Crippen molar-refractivity contribution >= 4 is 10.0 Å². The molecule has 8 heteroatoms. The Hall–Kier alpha value is -2.06. The molecule has 0 atom stereocenters. The van der Waals surface area contributed by atoms with Crippen molar-refractivity contribution in [2.75, 3.05) is 27.0 Å². The SMILES string of the molecule is COc1cc(C)cc(-c2nccn2CCNS(C)(=O)=O)c1OC. The van der Waals surface area contributed by atoms with E-state index in [4.69, 9.17) is 9.47 Å². The van der Waals surface area contributed by atoms with Gasteiger partial charge in [0.2, 0.25) is 10.0 Å². The zero-order valence-corrected chi connectivity index (χ0v) is 14.5. The first kappa shape index (κ1) is 17.3. The van der Waals surface area contributed by atoms with Crippen molar-refractivity contribution in [2.24, 2.45) is 0 Å². The highest BCUT2D eigenvalue weighted by Crippen LogP contribution is 2.38. The van der Waals surface area contributed by atoms with E-state index < -0.39 is 10.0 Å². The minimum Gasteiger partial charge on any atom is -0.493 e. The van der Waals surface area contributed by atoms with Gasteiger partial charge in [-0.1, -0.05) is 0 Å². The number of aryl methyl sites for hydroxylation is 1. The molecule has 0 aliphatic carbocycles. The molecule has 0 saturated heterocycles. The van der Waals surface area contributed by atoms with Gasteiger partial charge >= 0.3 is 0 Å². The van der Waals surface area contributed by atoms with Gasteiger partial charge in [0.1, 0.15) is 5.82 Å². The van der Waals surface area contributed by atoms with E-state index in [1.807, 2.05) is 23.6 Å². The van der Waals surface area contributed by atoms with E-state index in [1.54, 1.807) is 26.6 Å². The second-order valence-corrected chi connectivity index (χ2v) is 6.99. The fraction of sp³-hybridized carbons (Fsp3) is 0.400. The van der Waals surface area contributed by atoms with Gasteiger partial charge in [0.25, 0.3) is 0 Å². The summed E-state index contributed by atoms with van der Waals surface area (Å²) in [6.45, 7) is 2.71. The maximum atomic E-state index is 11.2. The number of nitrogens with one attached hydrogen (secondary N) is 1. The topological polar surface area (TPSA) is 82.5 Å². The maximum Gasteiger partial charge on any atom is 0.208 e. The molecule has 126 valence electrons. The van der Waals surface area contributed by atoms with Gasteiger partial charge in [0.15, 0.2) is 11.5 Å². The smallest absolute Gasteiger partial charge is 0.208 e. The lowest BCUT2D eigenvalue weighted by Gasteiger charge is -2.15. The van der Waals surface area contributed by atoms with Crippen molar-refractivity contribution in [1.82, 2.24) is 14.3 Å². The molecule has 0 spiro atoms. The van der Waals surface area contributed by atoms with Crippen LogP contribution in [0.5, 0.6) is 11.5 Å². The molecule has 0 bridgehead atoms. The van der Waals surface area contributed by atoms with E-state index in [-0.39, 0.29) is 6.54 Å². The van der Waals surface area contributed by atoms with Gasteiger partial charge in [0, 0.05) is 25.5 Å². The molecule has 0 unspecified atom stereocenters. The summed E-state index contributed by atoms with van der Waals surface area (Å²) in [6.07, 6.45) is 4.60. The molecule has 1 aromatic carbocycles. The lowest BCUT2D eigenvalue weighted by atomic mass is 10.1. The number of hydrogen-bond donors (Lipinski definition) is 1. The fourth-order valence-corrected chi connectivity index (χ4v) is 2.82. The predicted molar refractivity (Wildman–Crippen MR) is 88.4 cm³/mol. The summed E-state index contributed by atoms with van der Waals surface area (Å²) in [5.74, 6) is 1.92. The third-order valence-corrected chi connectivity index (χ3v) is 4.03. The van der Waals surface area contributed by atoms with Crippen molar-refractivity contribution in [3.05, 3.63) is 30.1 Å². The zero-order chi connectivity index (χ0) is 17.0. The van der Waals surface area contributed by atoms with Crippen molar-refractivity contribution in [1.29, 1.82) is 0 Å². The second kappa shape index (κ2) is 7.01. The Morgan fingerprint density at radius 2 is 2.00 bits per heavy atom. The van der Waals surface area contributed by atoms with Crippen LogP contribution in [0.25, 0.3) is 11.4 Å². The average Bonchev–Trinajstić information content (AvgIpc) is 2.93. The fourth-order valence-electron chi connectivity index (χ4n) is 2.35. The largest absolute Gasteiger partial charge is 0.493 e. The maximum absolute atomic E-state index is 11.2. The van der Waals surface area contributed by atoms with Crippen LogP contribution in [0.3, 0.4) is 0 Å². The predicted octanol–water partition coefficient (Wildman–Crippen LogP) is 1.42. The average molecular weight is 339 g/mol. The summed E-state index contributed by atoms with van der Waals surface area (Å²) in [6, 6.07) is 3.85. The monoisotopic (exact) mass is 339 g/mol. The lowest BCUT2D eigenvalue weighted by Crippen LogP contribution is -2.26. The van der Waals surface area contributed by atoms with Gasteiger partial charge in [-0.3, -0.25) is 0 Å². The third-order valence-electron chi connectivity index (χ3n) is 3.30.